The van der Waals surface area contributed by atoms with Crippen molar-refractivity contribution >= 4 is 11.6 Å². The fourth-order valence-corrected chi connectivity index (χ4v) is 1.88. The molecule has 0 radical (unpaired) electrons. The molecule has 1 aromatic carbocycles. The maximum absolute atomic E-state index is 6.20. The summed E-state index contributed by atoms with van der Waals surface area (Å²) >= 11 is 6.20. The van der Waals surface area contributed by atoms with Crippen molar-refractivity contribution in [3.63, 3.8) is 0 Å². The van der Waals surface area contributed by atoms with E-state index in [0.717, 1.165) is 24.2 Å². The van der Waals surface area contributed by atoms with Crippen molar-refractivity contribution in [1.29, 1.82) is 0 Å². The third-order valence-corrected chi connectivity index (χ3v) is 3.11. The number of hydrogen-bond donors (Lipinski definition) is 1. The highest BCUT2D eigenvalue weighted by Gasteiger charge is 2.11. The summed E-state index contributed by atoms with van der Waals surface area (Å²) in [6.07, 6.45) is 1.66. The van der Waals surface area contributed by atoms with E-state index in [4.69, 9.17) is 26.8 Å². The molecule has 1 atom stereocenters. The smallest absolute Gasteiger partial charge is 0.124 e. The van der Waals surface area contributed by atoms with Crippen LogP contribution in [0.1, 0.15) is 25.8 Å². The Morgan fingerprint density at radius 2 is 2.06 bits per heavy atom. The van der Waals surface area contributed by atoms with Crippen molar-refractivity contribution < 1.29 is 9.47 Å². The minimum atomic E-state index is 0.110. The lowest BCUT2D eigenvalue weighted by Gasteiger charge is -2.15. The molecule has 18 heavy (non-hydrogen) atoms. The summed E-state index contributed by atoms with van der Waals surface area (Å²) < 4.78 is 10.9. The van der Waals surface area contributed by atoms with Crippen LogP contribution in [0.15, 0.2) is 18.2 Å². The summed E-state index contributed by atoms with van der Waals surface area (Å²) in [5.74, 6) is 0.811. The van der Waals surface area contributed by atoms with Crippen LogP contribution in [-0.4, -0.2) is 25.9 Å². The summed E-state index contributed by atoms with van der Waals surface area (Å²) in [7, 11) is 0. The van der Waals surface area contributed by atoms with Crippen LogP contribution >= 0.6 is 11.6 Å². The van der Waals surface area contributed by atoms with Gasteiger partial charge in [-0.3, -0.25) is 0 Å². The molecule has 0 aliphatic rings. The van der Waals surface area contributed by atoms with Crippen molar-refractivity contribution in [2.45, 2.75) is 32.7 Å². The van der Waals surface area contributed by atoms with Crippen molar-refractivity contribution in [1.82, 2.24) is 0 Å². The van der Waals surface area contributed by atoms with Gasteiger partial charge in [0.2, 0.25) is 0 Å². The number of halogens is 1. The van der Waals surface area contributed by atoms with Crippen LogP contribution in [0, 0.1) is 0 Å². The molecule has 0 aliphatic carbocycles. The van der Waals surface area contributed by atoms with Gasteiger partial charge in [-0.15, -0.1) is 0 Å². The topological polar surface area (TPSA) is 44.5 Å². The predicted octanol–water partition coefficient (Wildman–Crippen LogP) is 3.04. The van der Waals surface area contributed by atoms with Crippen LogP contribution in [0.3, 0.4) is 0 Å². The molecule has 4 heteroatoms. The Labute approximate surface area is 114 Å². The first kappa shape index (κ1) is 15.3. The number of rotatable bonds is 8. The predicted molar refractivity (Wildman–Crippen MR) is 75.4 cm³/mol. The maximum atomic E-state index is 6.20. The molecule has 0 spiro atoms. The van der Waals surface area contributed by atoms with Crippen molar-refractivity contribution in [2.75, 3.05) is 19.8 Å². The zero-order valence-electron chi connectivity index (χ0n) is 11.1. The van der Waals surface area contributed by atoms with Crippen LogP contribution in [0.5, 0.6) is 5.75 Å². The summed E-state index contributed by atoms with van der Waals surface area (Å²) in [5, 5.41) is 0.716. The van der Waals surface area contributed by atoms with Gasteiger partial charge in [0, 0.05) is 23.2 Å². The third kappa shape index (κ3) is 4.84. The maximum Gasteiger partial charge on any atom is 0.124 e. The number of benzene rings is 1. The van der Waals surface area contributed by atoms with Gasteiger partial charge in [-0.2, -0.15) is 0 Å². The van der Waals surface area contributed by atoms with Gasteiger partial charge in [-0.25, -0.2) is 0 Å². The molecule has 3 nitrogen and oxygen atoms in total. The molecule has 1 rings (SSSR count). The molecule has 0 aromatic heterocycles. The van der Waals surface area contributed by atoms with Gasteiger partial charge in [0.1, 0.15) is 12.4 Å². The van der Waals surface area contributed by atoms with Crippen LogP contribution in [0.25, 0.3) is 0 Å². The average molecular weight is 272 g/mol. The Kier molecular flexibility index (Phi) is 7.09. The van der Waals surface area contributed by atoms with Crippen molar-refractivity contribution in [2.24, 2.45) is 5.73 Å². The monoisotopic (exact) mass is 271 g/mol. The summed E-state index contributed by atoms with van der Waals surface area (Å²) in [6.45, 7) is 5.85. The van der Waals surface area contributed by atoms with Gasteiger partial charge in [0.15, 0.2) is 0 Å². The molecule has 0 amide bonds. The lowest BCUT2D eigenvalue weighted by atomic mass is 10.0. The molecule has 0 saturated carbocycles. The highest BCUT2D eigenvalue weighted by molar-refractivity contribution is 6.31. The Balaban J connectivity index is 2.67. The average Bonchev–Trinajstić information content (AvgIpc) is 2.38. The molecular formula is C14H22ClNO2. The van der Waals surface area contributed by atoms with Gasteiger partial charge in [-0.05, 0) is 31.9 Å². The van der Waals surface area contributed by atoms with E-state index < -0.39 is 0 Å². The summed E-state index contributed by atoms with van der Waals surface area (Å²) in [5.41, 5.74) is 6.97. The van der Waals surface area contributed by atoms with Gasteiger partial charge < -0.3 is 15.2 Å². The fourth-order valence-electron chi connectivity index (χ4n) is 1.63. The van der Waals surface area contributed by atoms with E-state index in [0.29, 0.717) is 24.8 Å². The minimum Gasteiger partial charge on any atom is -0.491 e. The molecule has 102 valence electrons. The quantitative estimate of drug-likeness (QED) is 0.739. The molecule has 0 fully saturated rings. The fraction of sp³-hybridized carbons (Fsp3) is 0.571. The highest BCUT2D eigenvalue weighted by Crippen LogP contribution is 2.27. The lowest BCUT2D eigenvalue weighted by molar-refractivity contribution is 0.110. The SMILES string of the molecule is CCOCCOc1cccc(Cl)c1CC(N)CC. The number of nitrogens with two attached hydrogens (primary N) is 1. The number of ether oxygens (including phenoxy) is 2. The van der Waals surface area contributed by atoms with Crippen LogP contribution in [-0.2, 0) is 11.2 Å². The Morgan fingerprint density at radius 1 is 1.28 bits per heavy atom. The second-order valence-electron chi connectivity index (χ2n) is 4.13. The molecule has 2 N–H and O–H groups in total. The minimum absolute atomic E-state index is 0.110. The van der Waals surface area contributed by atoms with Crippen LogP contribution in [0.4, 0.5) is 0 Å². The van der Waals surface area contributed by atoms with Crippen molar-refractivity contribution in [3.05, 3.63) is 28.8 Å². The first-order valence-electron chi connectivity index (χ1n) is 6.42. The summed E-state index contributed by atoms with van der Waals surface area (Å²) in [4.78, 5) is 0. The van der Waals surface area contributed by atoms with Gasteiger partial charge in [0.05, 0.1) is 6.61 Å². The van der Waals surface area contributed by atoms with E-state index in [1.165, 1.54) is 0 Å². The third-order valence-electron chi connectivity index (χ3n) is 2.76. The second kappa shape index (κ2) is 8.35. The van der Waals surface area contributed by atoms with Gasteiger partial charge >= 0.3 is 0 Å². The molecule has 0 bridgehead atoms. The Morgan fingerprint density at radius 3 is 2.72 bits per heavy atom. The molecular weight excluding hydrogens is 250 g/mol. The van der Waals surface area contributed by atoms with E-state index in [1.54, 1.807) is 0 Å². The zero-order chi connectivity index (χ0) is 13.4. The summed E-state index contributed by atoms with van der Waals surface area (Å²) in [6, 6.07) is 5.79. The first-order chi connectivity index (χ1) is 8.69. The van der Waals surface area contributed by atoms with Crippen molar-refractivity contribution in [3.8, 4) is 5.75 Å². The zero-order valence-corrected chi connectivity index (χ0v) is 11.9. The van der Waals surface area contributed by atoms with E-state index >= 15 is 0 Å². The number of hydrogen-bond acceptors (Lipinski definition) is 3. The molecule has 1 aromatic rings. The second-order valence-corrected chi connectivity index (χ2v) is 4.54. The van der Waals surface area contributed by atoms with Gasteiger partial charge in [-0.1, -0.05) is 24.6 Å². The molecule has 0 saturated heterocycles. The molecule has 1 unspecified atom stereocenters. The normalized spacial score (nSPS) is 12.4. The largest absolute Gasteiger partial charge is 0.491 e. The van der Waals surface area contributed by atoms with Gasteiger partial charge in [0.25, 0.3) is 0 Å². The molecule has 0 aliphatic heterocycles. The standard InChI is InChI=1S/C14H22ClNO2/c1-3-11(16)10-12-13(15)6-5-7-14(12)18-9-8-17-4-2/h5-7,11H,3-4,8-10,16H2,1-2H3. The highest BCUT2D eigenvalue weighted by atomic mass is 35.5. The lowest BCUT2D eigenvalue weighted by Crippen LogP contribution is -2.22. The van der Waals surface area contributed by atoms with E-state index in [2.05, 4.69) is 6.92 Å². The molecule has 0 heterocycles. The van der Waals surface area contributed by atoms with Crippen LogP contribution in [0.2, 0.25) is 5.02 Å². The van der Waals surface area contributed by atoms with E-state index in [9.17, 15) is 0 Å². The Bertz CT molecular complexity index is 358. The van der Waals surface area contributed by atoms with E-state index in [1.807, 2.05) is 25.1 Å². The van der Waals surface area contributed by atoms with Crippen LogP contribution < -0.4 is 10.5 Å². The first-order valence-corrected chi connectivity index (χ1v) is 6.80. The Hall–Kier alpha value is -0.770. The van der Waals surface area contributed by atoms with E-state index in [-0.39, 0.29) is 6.04 Å².